The number of aliphatic hydroxyl groups excluding tert-OH is 2. The first-order valence-corrected chi connectivity index (χ1v) is 9.73. The summed E-state index contributed by atoms with van der Waals surface area (Å²) < 4.78 is 0. The van der Waals surface area contributed by atoms with Crippen LogP contribution in [0.3, 0.4) is 0 Å². The summed E-state index contributed by atoms with van der Waals surface area (Å²) in [6.45, 7) is 4.76. The van der Waals surface area contributed by atoms with Crippen LogP contribution in [0.25, 0.3) is 0 Å². The minimum atomic E-state index is -0.533. The largest absolute Gasteiger partial charge is 0.390 e. The summed E-state index contributed by atoms with van der Waals surface area (Å²) >= 11 is 0. The molecule has 0 bridgehead atoms. The van der Waals surface area contributed by atoms with Crippen LogP contribution in [0.5, 0.6) is 0 Å². The van der Waals surface area contributed by atoms with Crippen LogP contribution < -0.4 is 0 Å². The molecule has 3 heteroatoms. The van der Waals surface area contributed by atoms with Crippen LogP contribution in [0.1, 0.15) is 65.2 Å². The average molecular weight is 320 g/mol. The highest BCUT2D eigenvalue weighted by atomic mass is 16.3. The van der Waals surface area contributed by atoms with Gasteiger partial charge in [0.2, 0.25) is 0 Å². The lowest BCUT2D eigenvalue weighted by Gasteiger charge is -2.61. The van der Waals surface area contributed by atoms with Gasteiger partial charge in [-0.25, -0.2) is 0 Å². The Kier molecular flexibility index (Phi) is 3.70. The van der Waals surface area contributed by atoms with Crippen LogP contribution in [0, 0.1) is 40.4 Å². The van der Waals surface area contributed by atoms with Crippen molar-refractivity contribution in [2.24, 2.45) is 40.4 Å². The Hall–Kier alpha value is -0.410. The standard InChI is InChI=1S/C20H32O3/c1-19-9-7-15-13(14(19)5-3-12(19)11-21)4-6-16-18(23)17(22)8-10-20(15,16)2/h11-18,22-23H,3-10H2,1-2H3/t12-,13+,14+,15+,16-,17-,18-,19-,20-/m1/s1. The van der Waals surface area contributed by atoms with E-state index in [2.05, 4.69) is 13.8 Å². The Morgan fingerprint density at radius 2 is 1.48 bits per heavy atom. The fourth-order valence-electron chi connectivity index (χ4n) is 7.58. The van der Waals surface area contributed by atoms with E-state index in [0.717, 1.165) is 31.6 Å². The number of fused-ring (bicyclic) bond motifs is 5. The molecule has 0 aliphatic heterocycles. The number of hydrogen-bond acceptors (Lipinski definition) is 3. The molecule has 0 aromatic carbocycles. The molecule has 130 valence electrons. The lowest BCUT2D eigenvalue weighted by atomic mass is 9.44. The van der Waals surface area contributed by atoms with Crippen molar-refractivity contribution in [1.29, 1.82) is 0 Å². The van der Waals surface area contributed by atoms with Crippen molar-refractivity contribution in [2.75, 3.05) is 0 Å². The average Bonchev–Trinajstić information content (AvgIpc) is 2.88. The van der Waals surface area contributed by atoms with Crippen molar-refractivity contribution in [3.8, 4) is 0 Å². The van der Waals surface area contributed by atoms with E-state index in [1.807, 2.05) is 0 Å². The molecule has 4 aliphatic rings. The van der Waals surface area contributed by atoms with Crippen molar-refractivity contribution in [2.45, 2.75) is 77.4 Å². The third-order valence-electron chi connectivity index (χ3n) is 8.97. The molecule has 4 fully saturated rings. The van der Waals surface area contributed by atoms with Gasteiger partial charge in [0, 0.05) is 5.92 Å². The molecular formula is C20H32O3. The second kappa shape index (κ2) is 5.29. The Labute approximate surface area is 139 Å². The molecule has 0 radical (unpaired) electrons. The van der Waals surface area contributed by atoms with Crippen molar-refractivity contribution in [3.63, 3.8) is 0 Å². The Morgan fingerprint density at radius 1 is 0.826 bits per heavy atom. The molecule has 23 heavy (non-hydrogen) atoms. The molecule has 4 aliphatic carbocycles. The fraction of sp³-hybridized carbons (Fsp3) is 0.950. The molecule has 0 amide bonds. The monoisotopic (exact) mass is 320 g/mol. The molecule has 0 unspecified atom stereocenters. The van der Waals surface area contributed by atoms with Crippen molar-refractivity contribution in [1.82, 2.24) is 0 Å². The van der Waals surface area contributed by atoms with Gasteiger partial charge >= 0.3 is 0 Å². The summed E-state index contributed by atoms with van der Waals surface area (Å²) in [5.41, 5.74) is 0.404. The van der Waals surface area contributed by atoms with Gasteiger partial charge in [0.05, 0.1) is 12.2 Å². The Bertz CT molecular complexity index is 491. The lowest BCUT2D eigenvalue weighted by Crippen LogP contribution is -2.58. The summed E-state index contributed by atoms with van der Waals surface area (Å²) in [7, 11) is 0. The van der Waals surface area contributed by atoms with E-state index in [0.29, 0.717) is 11.8 Å². The zero-order chi connectivity index (χ0) is 16.4. The predicted octanol–water partition coefficient (Wildman–Crippen LogP) is 3.18. The number of hydrogen-bond donors (Lipinski definition) is 2. The number of carbonyl (C=O) groups excluding carboxylic acids is 1. The summed E-state index contributed by atoms with van der Waals surface area (Å²) in [6, 6.07) is 0. The number of aliphatic hydroxyl groups is 2. The number of aldehydes is 1. The molecule has 0 aromatic rings. The van der Waals surface area contributed by atoms with E-state index >= 15 is 0 Å². The van der Waals surface area contributed by atoms with Gasteiger partial charge < -0.3 is 15.0 Å². The van der Waals surface area contributed by atoms with Crippen molar-refractivity contribution >= 4 is 6.29 Å². The van der Waals surface area contributed by atoms with Gasteiger partial charge in [-0.15, -0.1) is 0 Å². The zero-order valence-electron chi connectivity index (χ0n) is 14.6. The van der Waals surface area contributed by atoms with E-state index in [9.17, 15) is 15.0 Å². The van der Waals surface area contributed by atoms with Crippen LogP contribution in [-0.4, -0.2) is 28.7 Å². The zero-order valence-corrected chi connectivity index (χ0v) is 14.6. The molecule has 3 nitrogen and oxygen atoms in total. The van der Waals surface area contributed by atoms with E-state index in [4.69, 9.17) is 0 Å². The highest BCUT2D eigenvalue weighted by molar-refractivity contribution is 5.56. The highest BCUT2D eigenvalue weighted by Gasteiger charge is 2.61. The van der Waals surface area contributed by atoms with E-state index < -0.39 is 12.2 Å². The normalized spacial score (nSPS) is 58.9. The quantitative estimate of drug-likeness (QED) is 0.730. The minimum absolute atomic E-state index is 0.183. The first-order valence-electron chi connectivity index (χ1n) is 9.73. The maximum atomic E-state index is 11.5. The Balaban J connectivity index is 1.64. The lowest BCUT2D eigenvalue weighted by molar-refractivity contribution is -0.173. The summed E-state index contributed by atoms with van der Waals surface area (Å²) in [6.07, 6.45) is 8.87. The predicted molar refractivity (Wildman–Crippen MR) is 88.7 cm³/mol. The Morgan fingerprint density at radius 3 is 2.22 bits per heavy atom. The van der Waals surface area contributed by atoms with Crippen LogP contribution >= 0.6 is 0 Å². The van der Waals surface area contributed by atoms with Gasteiger partial charge in [0.15, 0.2) is 0 Å². The number of carbonyl (C=O) groups is 1. The van der Waals surface area contributed by atoms with Crippen molar-refractivity contribution in [3.05, 3.63) is 0 Å². The SMILES string of the molecule is C[C@]12CC[C@@H](O)[C@H](O)[C@H]1CC[C@@H]1[C@@H]2CC[C@]2(C)[C@@H](C=O)CC[C@@H]12. The molecule has 9 atom stereocenters. The molecule has 0 spiro atoms. The third kappa shape index (κ3) is 2.05. The summed E-state index contributed by atoms with van der Waals surface area (Å²) in [5.74, 6) is 2.62. The van der Waals surface area contributed by atoms with Gasteiger partial charge in [-0.1, -0.05) is 13.8 Å². The van der Waals surface area contributed by atoms with Crippen LogP contribution in [0.4, 0.5) is 0 Å². The minimum Gasteiger partial charge on any atom is -0.390 e. The summed E-state index contributed by atoms with van der Waals surface area (Å²) in [4.78, 5) is 11.5. The van der Waals surface area contributed by atoms with E-state index in [1.165, 1.54) is 32.0 Å². The van der Waals surface area contributed by atoms with Crippen LogP contribution in [0.2, 0.25) is 0 Å². The van der Waals surface area contributed by atoms with Crippen molar-refractivity contribution < 1.29 is 15.0 Å². The summed E-state index contributed by atoms with van der Waals surface area (Å²) in [5, 5.41) is 20.6. The van der Waals surface area contributed by atoms with Gasteiger partial charge in [-0.05, 0) is 85.9 Å². The van der Waals surface area contributed by atoms with Gasteiger partial charge in [-0.3, -0.25) is 0 Å². The van der Waals surface area contributed by atoms with E-state index in [-0.39, 0.29) is 22.7 Å². The van der Waals surface area contributed by atoms with Gasteiger partial charge in [-0.2, -0.15) is 0 Å². The second-order valence-electron chi connectivity index (χ2n) is 9.53. The third-order valence-corrected chi connectivity index (χ3v) is 8.97. The van der Waals surface area contributed by atoms with E-state index in [1.54, 1.807) is 0 Å². The molecule has 2 N–H and O–H groups in total. The second-order valence-corrected chi connectivity index (χ2v) is 9.53. The molecule has 4 saturated carbocycles. The molecule has 0 aromatic heterocycles. The first-order chi connectivity index (χ1) is 10.9. The molecular weight excluding hydrogens is 288 g/mol. The maximum Gasteiger partial charge on any atom is 0.123 e. The van der Waals surface area contributed by atoms with Crippen LogP contribution in [0.15, 0.2) is 0 Å². The molecule has 0 heterocycles. The number of rotatable bonds is 1. The molecule has 4 rings (SSSR count). The fourth-order valence-corrected chi connectivity index (χ4v) is 7.58. The first kappa shape index (κ1) is 16.1. The topological polar surface area (TPSA) is 57.5 Å². The van der Waals surface area contributed by atoms with Gasteiger partial charge in [0.25, 0.3) is 0 Å². The smallest absolute Gasteiger partial charge is 0.123 e. The van der Waals surface area contributed by atoms with Crippen LogP contribution in [-0.2, 0) is 4.79 Å². The van der Waals surface area contributed by atoms with Gasteiger partial charge in [0.1, 0.15) is 6.29 Å². The molecule has 0 saturated heterocycles. The maximum absolute atomic E-state index is 11.5. The highest BCUT2D eigenvalue weighted by Crippen LogP contribution is 2.67.